The second-order valence-electron chi connectivity index (χ2n) is 5.41. The van der Waals surface area contributed by atoms with Crippen molar-refractivity contribution in [3.63, 3.8) is 0 Å². The largest absolute Gasteiger partial charge is 0.465 e. The van der Waals surface area contributed by atoms with Gasteiger partial charge in [0.15, 0.2) is 6.61 Å². The van der Waals surface area contributed by atoms with E-state index in [0.29, 0.717) is 29.4 Å². The molecule has 1 rings (SSSR count). The van der Waals surface area contributed by atoms with Gasteiger partial charge < -0.3 is 20.6 Å². The zero-order valence-corrected chi connectivity index (χ0v) is 13.7. The number of nitrogens with zero attached hydrogens (tertiary/aromatic N) is 1. The van der Waals surface area contributed by atoms with Crippen LogP contribution < -0.4 is 11.1 Å². The summed E-state index contributed by atoms with van der Waals surface area (Å²) in [5, 5.41) is 6.32. The summed E-state index contributed by atoms with van der Waals surface area (Å²) in [5.41, 5.74) is 6.62. The van der Waals surface area contributed by atoms with E-state index < -0.39 is 5.97 Å². The average Bonchev–Trinajstić information content (AvgIpc) is 2.52. The normalized spacial score (nSPS) is 11.2. The highest BCUT2D eigenvalue weighted by atomic mass is 16.6. The van der Waals surface area contributed by atoms with Gasteiger partial charge in [0.1, 0.15) is 5.84 Å². The van der Waals surface area contributed by atoms with Gasteiger partial charge >= 0.3 is 5.97 Å². The molecule has 0 atom stereocenters. The van der Waals surface area contributed by atoms with Crippen LogP contribution in [0.15, 0.2) is 29.4 Å². The van der Waals surface area contributed by atoms with Gasteiger partial charge in [-0.2, -0.15) is 0 Å². The molecule has 0 aromatic heterocycles. The van der Waals surface area contributed by atoms with Crippen molar-refractivity contribution in [2.45, 2.75) is 26.7 Å². The first-order valence-corrected chi connectivity index (χ1v) is 7.35. The quantitative estimate of drug-likeness (QED) is 0.330. The van der Waals surface area contributed by atoms with Crippen LogP contribution in [0.5, 0.6) is 0 Å². The summed E-state index contributed by atoms with van der Waals surface area (Å²) in [6.45, 7) is 3.95. The first kappa shape index (κ1) is 18.5. The van der Waals surface area contributed by atoms with Crippen molar-refractivity contribution in [2.24, 2.45) is 16.8 Å². The summed E-state index contributed by atoms with van der Waals surface area (Å²) in [7, 11) is 1.31. The van der Waals surface area contributed by atoms with Gasteiger partial charge in [-0.1, -0.05) is 19.0 Å². The summed E-state index contributed by atoms with van der Waals surface area (Å²) in [5.74, 6) is 0.0996. The van der Waals surface area contributed by atoms with Crippen LogP contribution in [0.3, 0.4) is 0 Å². The summed E-state index contributed by atoms with van der Waals surface area (Å²) >= 11 is 0. The number of oxime groups is 1. The predicted molar refractivity (Wildman–Crippen MR) is 88.1 cm³/mol. The van der Waals surface area contributed by atoms with Gasteiger partial charge in [-0.05, 0) is 36.6 Å². The molecule has 0 bridgehead atoms. The number of benzene rings is 1. The zero-order valence-electron chi connectivity index (χ0n) is 13.7. The Bertz CT molecular complexity index is 553. The van der Waals surface area contributed by atoms with Crippen LogP contribution in [0.4, 0.5) is 5.69 Å². The summed E-state index contributed by atoms with van der Waals surface area (Å²) in [6, 6.07) is 6.32. The van der Waals surface area contributed by atoms with E-state index in [1.54, 1.807) is 24.3 Å². The van der Waals surface area contributed by atoms with Crippen molar-refractivity contribution in [3.05, 3.63) is 29.8 Å². The van der Waals surface area contributed by atoms with Gasteiger partial charge in [0.2, 0.25) is 0 Å². The number of ether oxygens (including phenoxy) is 1. The van der Waals surface area contributed by atoms with E-state index in [1.165, 1.54) is 7.11 Å². The third kappa shape index (κ3) is 7.30. The smallest absolute Gasteiger partial charge is 0.337 e. The Morgan fingerprint density at radius 3 is 2.48 bits per heavy atom. The Kier molecular flexibility index (Phi) is 7.59. The van der Waals surface area contributed by atoms with E-state index in [4.69, 9.17) is 10.6 Å². The summed E-state index contributed by atoms with van der Waals surface area (Å²) in [6.07, 6.45) is 1.55. The fourth-order valence-corrected chi connectivity index (χ4v) is 1.66. The SMILES string of the molecule is COC(=O)c1ccc(NC(=O)CO/N=C(\N)CCC(C)C)cc1. The summed E-state index contributed by atoms with van der Waals surface area (Å²) < 4.78 is 4.59. The third-order valence-corrected chi connectivity index (χ3v) is 2.95. The molecular formula is C16H23N3O4. The Hall–Kier alpha value is -2.57. The molecule has 0 spiro atoms. The van der Waals surface area contributed by atoms with E-state index in [9.17, 15) is 9.59 Å². The second-order valence-corrected chi connectivity index (χ2v) is 5.41. The van der Waals surface area contributed by atoms with Gasteiger partial charge in [0.05, 0.1) is 12.7 Å². The molecule has 7 heteroatoms. The highest BCUT2D eigenvalue weighted by molar-refractivity contribution is 5.93. The fourth-order valence-electron chi connectivity index (χ4n) is 1.66. The molecule has 0 heterocycles. The van der Waals surface area contributed by atoms with Gasteiger partial charge in [0, 0.05) is 12.1 Å². The van der Waals surface area contributed by atoms with Crippen molar-refractivity contribution >= 4 is 23.4 Å². The number of methoxy groups -OCH3 is 1. The zero-order chi connectivity index (χ0) is 17.2. The molecule has 0 radical (unpaired) electrons. The lowest BCUT2D eigenvalue weighted by Crippen LogP contribution is -2.19. The first-order valence-electron chi connectivity index (χ1n) is 7.35. The van der Waals surface area contributed by atoms with Crippen molar-refractivity contribution in [1.82, 2.24) is 0 Å². The number of nitrogens with two attached hydrogens (primary N) is 1. The predicted octanol–water partition coefficient (Wildman–Crippen LogP) is 2.14. The van der Waals surface area contributed by atoms with Crippen LogP contribution >= 0.6 is 0 Å². The second kappa shape index (κ2) is 9.45. The molecule has 23 heavy (non-hydrogen) atoms. The average molecular weight is 321 g/mol. The van der Waals surface area contributed by atoms with Crippen LogP contribution in [0.1, 0.15) is 37.0 Å². The number of carbonyl (C=O) groups is 2. The van der Waals surface area contributed by atoms with E-state index in [2.05, 4.69) is 29.1 Å². The molecule has 0 saturated heterocycles. The Morgan fingerprint density at radius 1 is 1.26 bits per heavy atom. The molecule has 0 aliphatic rings. The lowest BCUT2D eigenvalue weighted by Gasteiger charge is -2.06. The minimum absolute atomic E-state index is 0.235. The Balaban J connectivity index is 2.39. The molecule has 3 N–H and O–H groups in total. The molecule has 0 unspecified atom stereocenters. The fraction of sp³-hybridized carbons (Fsp3) is 0.438. The third-order valence-electron chi connectivity index (χ3n) is 2.95. The molecular weight excluding hydrogens is 298 g/mol. The van der Waals surface area contributed by atoms with Crippen molar-refractivity contribution in [3.8, 4) is 0 Å². The number of nitrogens with one attached hydrogen (secondary N) is 1. The minimum atomic E-state index is -0.433. The molecule has 0 aliphatic heterocycles. The number of rotatable bonds is 8. The lowest BCUT2D eigenvalue weighted by atomic mass is 10.1. The summed E-state index contributed by atoms with van der Waals surface area (Å²) in [4.78, 5) is 27.9. The molecule has 0 fully saturated rings. The molecule has 1 aromatic rings. The van der Waals surface area contributed by atoms with Crippen LogP contribution in [0.2, 0.25) is 0 Å². The van der Waals surface area contributed by atoms with Crippen LogP contribution in [0, 0.1) is 5.92 Å². The van der Waals surface area contributed by atoms with E-state index in [0.717, 1.165) is 6.42 Å². The number of amidine groups is 1. The number of anilines is 1. The molecule has 0 aliphatic carbocycles. The van der Waals surface area contributed by atoms with Gasteiger partial charge in [-0.3, -0.25) is 4.79 Å². The van der Waals surface area contributed by atoms with Crippen molar-refractivity contribution in [1.29, 1.82) is 0 Å². The highest BCUT2D eigenvalue weighted by Gasteiger charge is 2.07. The van der Waals surface area contributed by atoms with E-state index in [1.807, 2.05) is 0 Å². The van der Waals surface area contributed by atoms with Gasteiger partial charge in [0.25, 0.3) is 5.91 Å². The maximum atomic E-state index is 11.7. The maximum absolute atomic E-state index is 11.7. The van der Waals surface area contributed by atoms with E-state index in [-0.39, 0.29) is 12.5 Å². The molecule has 1 amide bonds. The monoisotopic (exact) mass is 321 g/mol. The number of hydrogen-bond donors (Lipinski definition) is 2. The standard InChI is InChI=1S/C16H23N3O4/c1-11(2)4-9-14(17)19-23-10-15(20)18-13-7-5-12(6-8-13)16(21)22-3/h5-8,11H,4,9-10H2,1-3H3,(H2,17,19)(H,18,20). The van der Waals surface area contributed by atoms with Crippen LogP contribution in [-0.4, -0.2) is 31.4 Å². The maximum Gasteiger partial charge on any atom is 0.337 e. The molecule has 7 nitrogen and oxygen atoms in total. The van der Waals surface area contributed by atoms with Gasteiger partial charge in [-0.15, -0.1) is 0 Å². The van der Waals surface area contributed by atoms with E-state index >= 15 is 0 Å². The van der Waals surface area contributed by atoms with Crippen LogP contribution in [0.25, 0.3) is 0 Å². The topological polar surface area (TPSA) is 103 Å². The van der Waals surface area contributed by atoms with Crippen molar-refractivity contribution < 1.29 is 19.2 Å². The Morgan fingerprint density at radius 2 is 1.91 bits per heavy atom. The molecule has 1 aromatic carbocycles. The molecule has 0 saturated carbocycles. The lowest BCUT2D eigenvalue weighted by molar-refractivity contribution is -0.120. The Labute approximate surface area is 135 Å². The number of hydrogen-bond acceptors (Lipinski definition) is 5. The van der Waals surface area contributed by atoms with Crippen molar-refractivity contribution in [2.75, 3.05) is 19.0 Å². The first-order chi connectivity index (χ1) is 10.9. The number of carbonyl (C=O) groups excluding carboxylic acids is 2. The van der Waals surface area contributed by atoms with Gasteiger partial charge in [-0.25, -0.2) is 4.79 Å². The molecule has 126 valence electrons. The highest BCUT2D eigenvalue weighted by Crippen LogP contribution is 2.10. The number of esters is 1. The minimum Gasteiger partial charge on any atom is -0.465 e. The number of amides is 1. The van der Waals surface area contributed by atoms with Crippen LogP contribution in [-0.2, 0) is 14.4 Å².